The van der Waals surface area contributed by atoms with Crippen LogP contribution in [0.3, 0.4) is 0 Å². The maximum atomic E-state index is 6.80. The van der Waals surface area contributed by atoms with Gasteiger partial charge in [0.25, 0.3) is 0 Å². The summed E-state index contributed by atoms with van der Waals surface area (Å²) in [4.78, 5) is 16.0. The Morgan fingerprint density at radius 2 is 2.06 bits per heavy atom. The van der Waals surface area contributed by atoms with Crippen LogP contribution in [0.1, 0.15) is 24.1 Å². The number of anilines is 1. The highest BCUT2D eigenvalue weighted by Crippen LogP contribution is 2.37. The van der Waals surface area contributed by atoms with E-state index in [9.17, 15) is 0 Å². The summed E-state index contributed by atoms with van der Waals surface area (Å²) in [5.41, 5.74) is 9.31. The number of para-hydroxylation sites is 1. The van der Waals surface area contributed by atoms with Crippen LogP contribution in [0.2, 0.25) is 10.0 Å². The highest BCUT2D eigenvalue weighted by atomic mass is 35.5. The third kappa shape index (κ3) is 4.80. The van der Waals surface area contributed by atoms with Crippen molar-refractivity contribution in [2.24, 2.45) is 12.8 Å². The van der Waals surface area contributed by atoms with Crippen molar-refractivity contribution in [2.75, 3.05) is 18.0 Å². The highest BCUT2D eigenvalue weighted by Gasteiger charge is 2.28. The topological polar surface area (TPSA) is 82.1 Å². The molecule has 0 aliphatic carbocycles. The second kappa shape index (κ2) is 10.6. The quantitative estimate of drug-likeness (QED) is 0.365. The molecule has 2 N–H and O–H groups in total. The van der Waals surface area contributed by atoms with Crippen LogP contribution in [-0.4, -0.2) is 38.7 Å². The Kier molecular flexibility index (Phi) is 7.76. The average molecular weight is 532 g/mol. The number of hydrogen-bond donors (Lipinski definition) is 1. The predicted octanol–water partition coefficient (Wildman–Crippen LogP) is 5.26. The van der Waals surface area contributed by atoms with Crippen molar-refractivity contribution < 1.29 is 4.74 Å². The monoisotopic (exact) mass is 530 g/mol. The minimum absolute atomic E-state index is 0. The standard InChI is InChI=1S/C25H26Cl2N6O.H2S/c1-15-11-18(24-29-8-10-32(24)2)17-6-3-7-21(23(17)31-15)34-14-19-20(26)13-30-25(22(19)27)33-9-4-5-16(33)12-28;/h3,6-8,10-11,13,16H,4-5,9,12,14,28H2,1-2H3;1H2/t16-;/m0./s1. The molecule has 0 bridgehead atoms. The van der Waals surface area contributed by atoms with Crippen LogP contribution < -0.4 is 15.4 Å². The van der Waals surface area contributed by atoms with Crippen molar-refractivity contribution in [3.05, 3.63) is 64.2 Å². The molecule has 1 saturated heterocycles. The lowest BCUT2D eigenvalue weighted by Crippen LogP contribution is -2.36. The number of benzene rings is 1. The molecule has 3 aromatic heterocycles. The van der Waals surface area contributed by atoms with Gasteiger partial charge in [0.05, 0.1) is 10.0 Å². The van der Waals surface area contributed by atoms with E-state index < -0.39 is 0 Å². The molecule has 1 fully saturated rings. The molecule has 1 aliphatic heterocycles. The number of imidazole rings is 1. The zero-order valence-electron chi connectivity index (χ0n) is 19.6. The average Bonchev–Trinajstić information content (AvgIpc) is 3.47. The summed E-state index contributed by atoms with van der Waals surface area (Å²) in [6, 6.07) is 8.17. The third-order valence-corrected chi connectivity index (χ3v) is 7.06. The Morgan fingerprint density at radius 1 is 1.23 bits per heavy atom. The first-order valence-electron chi connectivity index (χ1n) is 11.3. The smallest absolute Gasteiger partial charge is 0.148 e. The first-order chi connectivity index (χ1) is 16.5. The molecule has 5 rings (SSSR count). The largest absolute Gasteiger partial charge is 0.487 e. The van der Waals surface area contributed by atoms with Crippen molar-refractivity contribution in [2.45, 2.75) is 32.4 Å². The number of aromatic nitrogens is 4. The van der Waals surface area contributed by atoms with Gasteiger partial charge in [0, 0.05) is 67.0 Å². The number of pyridine rings is 2. The van der Waals surface area contributed by atoms with Crippen molar-refractivity contribution >= 4 is 53.4 Å². The molecular formula is C25H28Cl2N6OS. The molecule has 10 heteroatoms. The van der Waals surface area contributed by atoms with Gasteiger partial charge in [-0.05, 0) is 31.9 Å². The number of rotatable bonds is 6. The van der Waals surface area contributed by atoms with Crippen LogP contribution in [0.5, 0.6) is 5.75 Å². The van der Waals surface area contributed by atoms with Gasteiger partial charge in [-0.25, -0.2) is 15.0 Å². The molecule has 7 nitrogen and oxygen atoms in total. The van der Waals surface area contributed by atoms with Crippen LogP contribution in [-0.2, 0) is 13.7 Å². The Morgan fingerprint density at radius 3 is 2.80 bits per heavy atom. The van der Waals surface area contributed by atoms with Crippen molar-refractivity contribution in [3.8, 4) is 17.1 Å². The fraction of sp³-hybridized carbons (Fsp3) is 0.320. The molecule has 0 radical (unpaired) electrons. The SMILES string of the molecule is Cc1cc(-c2nccn2C)c2cccc(OCc3c(Cl)cnc(N4CCC[C@H]4CN)c3Cl)c2n1.S. The maximum Gasteiger partial charge on any atom is 0.148 e. The van der Waals surface area contributed by atoms with Crippen LogP contribution in [0.4, 0.5) is 5.82 Å². The summed E-state index contributed by atoms with van der Waals surface area (Å²) in [6.45, 7) is 3.60. The summed E-state index contributed by atoms with van der Waals surface area (Å²) in [6.07, 6.45) is 7.45. The third-order valence-electron chi connectivity index (χ3n) is 6.34. The first kappa shape index (κ1) is 25.6. The van der Waals surface area contributed by atoms with Gasteiger partial charge < -0.3 is 19.9 Å². The van der Waals surface area contributed by atoms with E-state index in [1.165, 1.54) is 0 Å². The van der Waals surface area contributed by atoms with E-state index in [0.717, 1.165) is 47.4 Å². The first-order valence-corrected chi connectivity index (χ1v) is 12.0. The molecule has 1 aliphatic rings. The van der Waals surface area contributed by atoms with Crippen molar-refractivity contribution in [1.29, 1.82) is 0 Å². The lowest BCUT2D eigenvalue weighted by Gasteiger charge is -2.26. The van der Waals surface area contributed by atoms with Crippen LogP contribution in [0, 0.1) is 6.92 Å². The second-order valence-corrected chi connectivity index (χ2v) is 9.35. The van der Waals surface area contributed by atoms with E-state index in [4.69, 9.17) is 38.7 Å². The van der Waals surface area contributed by atoms with E-state index in [1.807, 2.05) is 49.0 Å². The molecule has 0 unspecified atom stereocenters. The number of fused-ring (bicyclic) bond motifs is 1. The molecule has 1 atom stereocenters. The molecular weight excluding hydrogens is 503 g/mol. The van der Waals surface area contributed by atoms with E-state index in [0.29, 0.717) is 33.7 Å². The molecule has 4 aromatic rings. The lowest BCUT2D eigenvalue weighted by atomic mass is 10.1. The van der Waals surface area contributed by atoms with Gasteiger partial charge in [-0.3, -0.25) is 0 Å². The minimum Gasteiger partial charge on any atom is -0.487 e. The van der Waals surface area contributed by atoms with Gasteiger partial charge in [-0.1, -0.05) is 35.3 Å². The normalized spacial score (nSPS) is 15.5. The Labute approximate surface area is 221 Å². The zero-order chi connectivity index (χ0) is 23.8. The van der Waals surface area contributed by atoms with Gasteiger partial charge in [0.2, 0.25) is 0 Å². The fourth-order valence-electron chi connectivity index (χ4n) is 4.61. The maximum absolute atomic E-state index is 6.80. The molecule has 1 aromatic carbocycles. The Hall–Kier alpha value is -2.52. The van der Waals surface area contributed by atoms with Crippen LogP contribution in [0.15, 0.2) is 42.9 Å². The van der Waals surface area contributed by atoms with Crippen LogP contribution in [0.25, 0.3) is 22.3 Å². The molecule has 0 saturated carbocycles. The number of nitrogens with two attached hydrogens (primary N) is 1. The zero-order valence-corrected chi connectivity index (χ0v) is 22.1. The van der Waals surface area contributed by atoms with E-state index >= 15 is 0 Å². The summed E-state index contributed by atoms with van der Waals surface area (Å²) >= 11 is 13.3. The molecule has 0 amide bonds. The second-order valence-electron chi connectivity index (χ2n) is 8.56. The van der Waals surface area contributed by atoms with E-state index in [-0.39, 0.29) is 26.1 Å². The number of aryl methyl sites for hydroxylation is 2. The van der Waals surface area contributed by atoms with Gasteiger partial charge in [-0.15, -0.1) is 0 Å². The Balaban J connectivity index is 0.00000289. The number of halogens is 2. The fourth-order valence-corrected chi connectivity index (χ4v) is 5.17. The summed E-state index contributed by atoms with van der Waals surface area (Å²) in [5, 5.41) is 1.94. The van der Waals surface area contributed by atoms with Crippen molar-refractivity contribution in [1.82, 2.24) is 19.5 Å². The number of ether oxygens (including phenoxy) is 1. The van der Waals surface area contributed by atoms with Crippen molar-refractivity contribution in [3.63, 3.8) is 0 Å². The number of nitrogens with zero attached hydrogens (tertiary/aromatic N) is 5. The van der Waals surface area contributed by atoms with Crippen LogP contribution >= 0.6 is 36.7 Å². The molecule has 4 heterocycles. The highest BCUT2D eigenvalue weighted by molar-refractivity contribution is 7.59. The molecule has 0 spiro atoms. The predicted molar refractivity (Wildman–Crippen MR) is 147 cm³/mol. The summed E-state index contributed by atoms with van der Waals surface area (Å²) < 4.78 is 8.26. The minimum atomic E-state index is 0. The van der Waals surface area contributed by atoms with E-state index in [1.54, 1.807) is 12.4 Å². The van der Waals surface area contributed by atoms with Gasteiger partial charge in [0.15, 0.2) is 0 Å². The summed E-state index contributed by atoms with van der Waals surface area (Å²) in [7, 11) is 1.98. The molecule has 35 heavy (non-hydrogen) atoms. The van der Waals surface area contributed by atoms with Gasteiger partial charge in [-0.2, -0.15) is 13.5 Å². The lowest BCUT2D eigenvalue weighted by molar-refractivity contribution is 0.309. The Bertz CT molecular complexity index is 1360. The molecule has 184 valence electrons. The van der Waals surface area contributed by atoms with Gasteiger partial charge in [0.1, 0.15) is 29.5 Å². The van der Waals surface area contributed by atoms with E-state index in [2.05, 4.69) is 14.9 Å². The summed E-state index contributed by atoms with van der Waals surface area (Å²) in [5.74, 6) is 2.24. The number of hydrogen-bond acceptors (Lipinski definition) is 6. The van der Waals surface area contributed by atoms with Gasteiger partial charge >= 0.3 is 0 Å².